The molecule has 1 aliphatic rings. The molecule has 8 heteroatoms. The van der Waals surface area contributed by atoms with Crippen LogP contribution in [0.3, 0.4) is 0 Å². The number of anilines is 2. The Morgan fingerprint density at radius 1 is 1.28 bits per heavy atom. The molecule has 94 valence electrons. The van der Waals surface area contributed by atoms with Gasteiger partial charge in [-0.15, -0.1) is 0 Å². The molecule has 0 radical (unpaired) electrons. The van der Waals surface area contributed by atoms with Crippen LogP contribution in [0.5, 0.6) is 0 Å². The molecule has 2 N–H and O–H groups in total. The van der Waals surface area contributed by atoms with Crippen molar-refractivity contribution in [3.05, 3.63) is 12.7 Å². The van der Waals surface area contributed by atoms with Gasteiger partial charge < -0.3 is 10.6 Å². The summed E-state index contributed by atoms with van der Waals surface area (Å²) in [5, 5.41) is 10.2. The van der Waals surface area contributed by atoms with E-state index in [1.54, 1.807) is 13.4 Å². The molecule has 2 aromatic rings. The monoisotopic (exact) mass is 246 g/mol. The van der Waals surface area contributed by atoms with Gasteiger partial charge in [-0.05, 0) is 12.3 Å². The third kappa shape index (κ3) is 2.08. The summed E-state index contributed by atoms with van der Waals surface area (Å²) >= 11 is 0. The first kappa shape index (κ1) is 10.9. The molecule has 1 aliphatic carbocycles. The molecule has 0 bridgehead atoms. The molecule has 0 saturated heterocycles. The Morgan fingerprint density at radius 2 is 2.06 bits per heavy atom. The van der Waals surface area contributed by atoms with Gasteiger partial charge >= 0.3 is 0 Å². The van der Waals surface area contributed by atoms with E-state index >= 15 is 0 Å². The van der Waals surface area contributed by atoms with Crippen LogP contribution < -0.4 is 10.6 Å². The molecule has 2 aromatic heterocycles. The second-order valence-corrected chi connectivity index (χ2v) is 4.34. The fourth-order valence-electron chi connectivity index (χ4n) is 1.64. The van der Waals surface area contributed by atoms with Crippen LogP contribution in [-0.2, 0) is 0 Å². The van der Waals surface area contributed by atoms with E-state index in [-0.39, 0.29) is 0 Å². The van der Waals surface area contributed by atoms with Crippen molar-refractivity contribution in [3.63, 3.8) is 0 Å². The van der Waals surface area contributed by atoms with E-state index in [0.29, 0.717) is 29.8 Å². The van der Waals surface area contributed by atoms with Crippen LogP contribution >= 0.6 is 0 Å². The van der Waals surface area contributed by atoms with E-state index < -0.39 is 0 Å². The Bertz CT molecular complexity index is 537. The highest BCUT2D eigenvalue weighted by atomic mass is 15.4. The summed E-state index contributed by atoms with van der Waals surface area (Å²) < 4.78 is 1.50. The zero-order valence-electron chi connectivity index (χ0n) is 10.2. The second-order valence-electron chi connectivity index (χ2n) is 4.34. The first-order valence-corrected chi connectivity index (χ1v) is 5.81. The third-order valence-corrected chi connectivity index (χ3v) is 2.89. The largest absolute Gasteiger partial charge is 0.357 e. The molecule has 0 spiro atoms. The van der Waals surface area contributed by atoms with Crippen LogP contribution in [0.2, 0.25) is 0 Å². The predicted molar refractivity (Wildman–Crippen MR) is 65.5 cm³/mol. The summed E-state index contributed by atoms with van der Waals surface area (Å²) in [4.78, 5) is 16.7. The van der Waals surface area contributed by atoms with E-state index in [2.05, 4.69) is 42.6 Å². The quantitative estimate of drug-likeness (QED) is 0.802. The standard InChI is InChI=1S/C10H14N8/c1-6-3-7(6)14-9-15-8(11-2)16-10(17-9)18-5-12-4-13-18/h4-7H,3H2,1-2H3,(H2,11,14,15,16,17). The maximum Gasteiger partial charge on any atom is 0.258 e. The van der Waals surface area contributed by atoms with Gasteiger partial charge in [0.1, 0.15) is 12.7 Å². The molecular weight excluding hydrogens is 232 g/mol. The summed E-state index contributed by atoms with van der Waals surface area (Å²) in [5.41, 5.74) is 0. The summed E-state index contributed by atoms with van der Waals surface area (Å²) in [6.07, 6.45) is 4.15. The SMILES string of the molecule is CNc1nc(NC2CC2C)nc(-n2cncn2)n1. The van der Waals surface area contributed by atoms with Gasteiger partial charge in [0.25, 0.3) is 5.95 Å². The molecule has 0 aliphatic heterocycles. The lowest BCUT2D eigenvalue weighted by Gasteiger charge is -2.07. The number of nitrogens with one attached hydrogen (secondary N) is 2. The molecule has 0 amide bonds. The lowest BCUT2D eigenvalue weighted by molar-refractivity contribution is 0.793. The molecular formula is C10H14N8. The summed E-state index contributed by atoms with van der Waals surface area (Å²) in [6, 6.07) is 0.459. The van der Waals surface area contributed by atoms with E-state index in [9.17, 15) is 0 Å². The fraction of sp³-hybridized carbons (Fsp3) is 0.500. The maximum atomic E-state index is 4.33. The van der Waals surface area contributed by atoms with Crippen molar-refractivity contribution in [2.75, 3.05) is 17.7 Å². The molecule has 0 aromatic carbocycles. The number of hydrogen-bond donors (Lipinski definition) is 2. The molecule has 1 saturated carbocycles. The minimum Gasteiger partial charge on any atom is -0.357 e. The Labute approximate surface area is 104 Å². The van der Waals surface area contributed by atoms with Crippen molar-refractivity contribution in [2.24, 2.45) is 5.92 Å². The van der Waals surface area contributed by atoms with Crippen LogP contribution in [0.4, 0.5) is 11.9 Å². The number of aromatic nitrogens is 6. The highest BCUT2D eigenvalue weighted by Gasteiger charge is 2.33. The van der Waals surface area contributed by atoms with Gasteiger partial charge in [0.15, 0.2) is 0 Å². The normalized spacial score (nSPS) is 21.7. The average Bonchev–Trinajstić information content (AvgIpc) is 2.86. The topological polar surface area (TPSA) is 93.4 Å². The van der Waals surface area contributed by atoms with Gasteiger partial charge in [-0.1, -0.05) is 6.92 Å². The Hall–Kier alpha value is -2.25. The molecule has 2 heterocycles. The first-order chi connectivity index (χ1) is 8.76. The fourth-order valence-corrected chi connectivity index (χ4v) is 1.64. The van der Waals surface area contributed by atoms with Crippen LogP contribution in [-0.4, -0.2) is 42.8 Å². The zero-order chi connectivity index (χ0) is 12.5. The predicted octanol–water partition coefficient (Wildman–Crippen LogP) is 0.314. The molecule has 1 fully saturated rings. The van der Waals surface area contributed by atoms with Crippen molar-refractivity contribution >= 4 is 11.9 Å². The highest BCUT2D eigenvalue weighted by Crippen LogP contribution is 2.31. The Kier molecular flexibility index (Phi) is 2.54. The van der Waals surface area contributed by atoms with Crippen molar-refractivity contribution in [1.29, 1.82) is 0 Å². The van der Waals surface area contributed by atoms with Crippen LogP contribution in [0.1, 0.15) is 13.3 Å². The minimum atomic E-state index is 0.447. The van der Waals surface area contributed by atoms with Gasteiger partial charge in [0.2, 0.25) is 11.9 Å². The lowest BCUT2D eigenvalue weighted by Crippen LogP contribution is -2.13. The van der Waals surface area contributed by atoms with E-state index in [4.69, 9.17) is 0 Å². The van der Waals surface area contributed by atoms with Crippen LogP contribution in [0.25, 0.3) is 5.95 Å². The molecule has 2 unspecified atom stereocenters. The van der Waals surface area contributed by atoms with Crippen molar-refractivity contribution in [1.82, 2.24) is 29.7 Å². The summed E-state index contributed by atoms with van der Waals surface area (Å²) in [5.74, 6) is 2.19. The van der Waals surface area contributed by atoms with Crippen molar-refractivity contribution < 1.29 is 0 Å². The van der Waals surface area contributed by atoms with Gasteiger partial charge in [0.05, 0.1) is 0 Å². The molecule has 2 atom stereocenters. The van der Waals surface area contributed by atoms with Crippen molar-refractivity contribution in [3.8, 4) is 5.95 Å². The van der Waals surface area contributed by atoms with Gasteiger partial charge in [-0.3, -0.25) is 0 Å². The third-order valence-electron chi connectivity index (χ3n) is 2.89. The van der Waals surface area contributed by atoms with Crippen molar-refractivity contribution in [2.45, 2.75) is 19.4 Å². The van der Waals surface area contributed by atoms with Gasteiger partial charge in [0, 0.05) is 13.1 Å². The Morgan fingerprint density at radius 3 is 2.67 bits per heavy atom. The minimum absolute atomic E-state index is 0.447. The number of rotatable bonds is 4. The average molecular weight is 246 g/mol. The maximum absolute atomic E-state index is 4.33. The zero-order valence-corrected chi connectivity index (χ0v) is 10.2. The molecule has 3 rings (SSSR count). The molecule has 8 nitrogen and oxygen atoms in total. The molecule has 18 heavy (non-hydrogen) atoms. The highest BCUT2D eigenvalue weighted by molar-refractivity contribution is 5.39. The van der Waals surface area contributed by atoms with E-state index in [1.165, 1.54) is 11.0 Å². The summed E-state index contributed by atoms with van der Waals surface area (Å²) in [6.45, 7) is 2.19. The first-order valence-electron chi connectivity index (χ1n) is 5.81. The van der Waals surface area contributed by atoms with Crippen LogP contribution in [0.15, 0.2) is 12.7 Å². The summed E-state index contributed by atoms with van der Waals surface area (Å²) in [7, 11) is 1.77. The Balaban J connectivity index is 1.91. The lowest BCUT2D eigenvalue weighted by atomic mass is 10.5. The van der Waals surface area contributed by atoms with E-state index in [1.807, 2.05) is 0 Å². The number of nitrogens with zero attached hydrogens (tertiary/aromatic N) is 6. The van der Waals surface area contributed by atoms with Gasteiger partial charge in [-0.25, -0.2) is 4.98 Å². The van der Waals surface area contributed by atoms with Gasteiger partial charge in [-0.2, -0.15) is 24.7 Å². The van der Waals surface area contributed by atoms with E-state index in [0.717, 1.165) is 6.42 Å². The second kappa shape index (κ2) is 4.21. The van der Waals surface area contributed by atoms with Crippen LogP contribution in [0, 0.1) is 5.92 Å². The number of hydrogen-bond acceptors (Lipinski definition) is 7. The smallest absolute Gasteiger partial charge is 0.258 e.